The highest BCUT2D eigenvalue weighted by Crippen LogP contribution is 2.62. The molecule has 23 heavy (non-hydrogen) atoms. The molecule has 0 heterocycles. The van der Waals surface area contributed by atoms with Gasteiger partial charge < -0.3 is 4.74 Å². The molecule has 0 aromatic rings. The van der Waals surface area contributed by atoms with Crippen LogP contribution in [-0.2, 0) is 4.74 Å². The Kier molecular flexibility index (Phi) is 5.77. The summed E-state index contributed by atoms with van der Waals surface area (Å²) in [6.45, 7) is 0. The molecule has 0 spiro atoms. The van der Waals surface area contributed by atoms with Gasteiger partial charge in [-0.15, -0.1) is 0 Å². The molecule has 1 atom stereocenters. The summed E-state index contributed by atoms with van der Waals surface area (Å²) >= 11 is 8.65. The molecule has 0 aliphatic carbocycles. The van der Waals surface area contributed by atoms with Crippen LogP contribution in [0.2, 0.25) is 0 Å². The maximum absolute atomic E-state index is 13.7. The summed E-state index contributed by atoms with van der Waals surface area (Å²) in [4.78, 5) is 0. The maximum Gasteiger partial charge on any atom is 0.459 e. The van der Waals surface area contributed by atoms with Gasteiger partial charge in [0.2, 0.25) is 5.02 Å². The first-order valence-corrected chi connectivity index (χ1v) is 5.46. The van der Waals surface area contributed by atoms with Crippen LogP contribution in [0.3, 0.4) is 0 Å². The lowest BCUT2D eigenvalue weighted by Gasteiger charge is -2.44. The second-order valence-electron chi connectivity index (χ2n) is 3.70. The van der Waals surface area contributed by atoms with Gasteiger partial charge in [0.05, 0.1) is 0 Å². The van der Waals surface area contributed by atoms with Crippen LogP contribution in [0.5, 0.6) is 0 Å². The van der Waals surface area contributed by atoms with E-state index in [2.05, 4.69) is 27.9 Å². The fourth-order valence-electron chi connectivity index (χ4n) is 1.20. The van der Waals surface area contributed by atoms with Crippen LogP contribution in [0.4, 0.5) is 57.1 Å². The minimum atomic E-state index is -7.83. The fourth-order valence-corrected chi connectivity index (χ4v) is 1.45. The van der Waals surface area contributed by atoms with E-state index in [4.69, 9.17) is 0 Å². The van der Waals surface area contributed by atoms with Crippen LogP contribution >= 0.6 is 23.2 Å². The number of halogens is 15. The summed E-state index contributed by atoms with van der Waals surface area (Å²) in [6.07, 6.45) is -22.7. The molecular formula is C7HCl2F13O. The molecule has 0 aromatic heterocycles. The fraction of sp³-hybridized carbons (Fsp3) is 1.00. The molecule has 0 saturated carbocycles. The standard InChI is InChI=1S/C7HCl2F13O/c8-1(9)23-4(13,3(11,12)7(20,21)22)2(10,5(14,15)16)6(17,18)19/h1H. The minimum absolute atomic E-state index is 2.43. The van der Waals surface area contributed by atoms with Crippen LogP contribution in [-0.4, -0.2) is 41.0 Å². The van der Waals surface area contributed by atoms with Gasteiger partial charge >= 0.3 is 36.0 Å². The highest BCUT2D eigenvalue weighted by Gasteiger charge is 2.94. The maximum atomic E-state index is 13.7. The van der Waals surface area contributed by atoms with Crippen molar-refractivity contribution in [2.45, 2.75) is 41.0 Å². The van der Waals surface area contributed by atoms with E-state index in [0.717, 1.165) is 0 Å². The molecule has 140 valence electrons. The van der Waals surface area contributed by atoms with Gasteiger partial charge in [0.15, 0.2) is 0 Å². The van der Waals surface area contributed by atoms with E-state index in [0.29, 0.717) is 0 Å². The van der Waals surface area contributed by atoms with Crippen molar-refractivity contribution < 1.29 is 61.8 Å². The number of hydrogen-bond acceptors (Lipinski definition) is 1. The third kappa shape index (κ3) is 3.38. The zero-order chi connectivity index (χ0) is 19.3. The molecule has 16 heteroatoms. The van der Waals surface area contributed by atoms with Gasteiger partial charge in [-0.3, -0.25) is 0 Å². The Bertz CT molecular complexity index is 410. The molecule has 0 aromatic carbocycles. The van der Waals surface area contributed by atoms with Crippen molar-refractivity contribution in [1.82, 2.24) is 0 Å². The lowest BCUT2D eigenvalue weighted by atomic mass is 9.88. The van der Waals surface area contributed by atoms with E-state index in [1.54, 1.807) is 0 Å². The van der Waals surface area contributed by atoms with Crippen molar-refractivity contribution >= 4 is 23.2 Å². The zero-order valence-corrected chi connectivity index (χ0v) is 11.2. The third-order valence-electron chi connectivity index (χ3n) is 2.24. The van der Waals surface area contributed by atoms with Crippen molar-refractivity contribution in [3.63, 3.8) is 0 Å². The second-order valence-corrected chi connectivity index (χ2v) is 4.72. The first-order valence-electron chi connectivity index (χ1n) is 4.58. The average Bonchev–Trinajstić information content (AvgIpc) is 2.21. The summed E-state index contributed by atoms with van der Waals surface area (Å²) in [5, 5.41) is -3.45. The summed E-state index contributed by atoms with van der Waals surface area (Å²) in [5.74, 6) is -15.1. The monoisotopic (exact) mass is 418 g/mol. The van der Waals surface area contributed by atoms with Crippen LogP contribution in [0.15, 0.2) is 0 Å². The van der Waals surface area contributed by atoms with Gasteiger partial charge in [0, 0.05) is 0 Å². The zero-order valence-electron chi connectivity index (χ0n) is 9.66. The summed E-state index contributed by atoms with van der Waals surface area (Å²) < 4.78 is 165. The van der Waals surface area contributed by atoms with E-state index < -0.39 is 41.0 Å². The molecule has 0 radical (unpaired) electrons. The number of ether oxygens (including phenoxy) is 1. The molecule has 0 aliphatic rings. The topological polar surface area (TPSA) is 9.23 Å². The van der Waals surface area contributed by atoms with Gasteiger partial charge in [-0.2, -0.15) is 48.3 Å². The Morgan fingerprint density at radius 2 is 0.870 bits per heavy atom. The van der Waals surface area contributed by atoms with E-state index in [1.165, 1.54) is 0 Å². The van der Waals surface area contributed by atoms with Crippen molar-refractivity contribution in [2.24, 2.45) is 0 Å². The van der Waals surface area contributed by atoms with Gasteiger partial charge in [0.1, 0.15) is 0 Å². The Hall–Kier alpha value is -0.370. The largest absolute Gasteiger partial charge is 0.459 e. The van der Waals surface area contributed by atoms with E-state index in [-0.39, 0.29) is 0 Å². The lowest BCUT2D eigenvalue weighted by molar-refractivity contribution is -0.479. The van der Waals surface area contributed by atoms with Crippen molar-refractivity contribution in [3.05, 3.63) is 0 Å². The highest BCUT2D eigenvalue weighted by atomic mass is 35.5. The highest BCUT2D eigenvalue weighted by molar-refractivity contribution is 6.43. The number of rotatable bonds is 4. The summed E-state index contributed by atoms with van der Waals surface area (Å²) in [5.41, 5.74) is -7.83. The Morgan fingerprint density at radius 3 is 1.04 bits per heavy atom. The van der Waals surface area contributed by atoms with Crippen molar-refractivity contribution in [3.8, 4) is 0 Å². The predicted molar refractivity (Wildman–Crippen MR) is 47.4 cm³/mol. The van der Waals surface area contributed by atoms with Crippen molar-refractivity contribution in [2.75, 3.05) is 0 Å². The van der Waals surface area contributed by atoms with Crippen LogP contribution < -0.4 is 0 Å². The quantitative estimate of drug-likeness (QED) is 0.435. The molecule has 0 fully saturated rings. The van der Waals surface area contributed by atoms with E-state index in [9.17, 15) is 57.1 Å². The first-order chi connectivity index (χ1) is 9.67. The molecule has 1 unspecified atom stereocenters. The van der Waals surface area contributed by atoms with Gasteiger partial charge in [-0.25, -0.2) is 8.78 Å². The SMILES string of the molecule is FC(F)(F)C(F)(F)C(F)(OC(Cl)Cl)C(F)(C(F)(F)F)C(F)(F)F. The average molecular weight is 419 g/mol. The molecule has 0 bridgehead atoms. The minimum Gasteiger partial charge on any atom is -0.304 e. The van der Waals surface area contributed by atoms with E-state index in [1.807, 2.05) is 0 Å². The Balaban J connectivity index is 6.81. The smallest absolute Gasteiger partial charge is 0.304 e. The molecule has 1 nitrogen and oxygen atoms in total. The van der Waals surface area contributed by atoms with Gasteiger partial charge in [-0.05, 0) is 0 Å². The Labute approximate surface area is 127 Å². The number of alkyl halides is 15. The normalized spacial score (nSPS) is 18.3. The van der Waals surface area contributed by atoms with E-state index >= 15 is 0 Å². The third-order valence-corrected chi connectivity index (χ3v) is 2.41. The second kappa shape index (κ2) is 5.86. The molecule has 0 N–H and O–H groups in total. The predicted octanol–water partition coefficient (Wildman–Crippen LogP) is 5.46. The Morgan fingerprint density at radius 1 is 0.565 bits per heavy atom. The van der Waals surface area contributed by atoms with Crippen molar-refractivity contribution in [1.29, 1.82) is 0 Å². The number of hydrogen-bond donors (Lipinski definition) is 0. The van der Waals surface area contributed by atoms with Crippen LogP contribution in [0.25, 0.3) is 0 Å². The first kappa shape index (κ1) is 22.6. The molecule has 0 rings (SSSR count). The van der Waals surface area contributed by atoms with Crippen LogP contribution in [0.1, 0.15) is 0 Å². The van der Waals surface area contributed by atoms with Gasteiger partial charge in [0.25, 0.3) is 0 Å². The molecular weight excluding hydrogens is 418 g/mol. The lowest BCUT2D eigenvalue weighted by Crippen LogP contribution is -2.75. The summed E-state index contributed by atoms with van der Waals surface area (Å²) in [7, 11) is 0. The summed E-state index contributed by atoms with van der Waals surface area (Å²) in [6, 6.07) is 0. The van der Waals surface area contributed by atoms with Crippen LogP contribution in [0, 0.1) is 0 Å². The molecule has 0 aliphatic heterocycles. The molecule has 0 amide bonds. The molecule has 0 saturated heterocycles. The van der Waals surface area contributed by atoms with Gasteiger partial charge in [-0.1, -0.05) is 23.2 Å².